The first kappa shape index (κ1) is 29.6. The SMILES string of the molecule is C1=CC2C(C3C=c4oc5c(-c6c7ccccc7c(-c7ccsc7)c7ccccc67)cccc5c4=CC3)=c3ccccc3=C(C3C=CSC3)C2C=C1. The van der Waals surface area contributed by atoms with E-state index in [1.54, 1.807) is 16.9 Å². The maximum Gasteiger partial charge on any atom is 0.143 e. The Hall–Kier alpha value is -5.09. The van der Waals surface area contributed by atoms with Gasteiger partial charge in [-0.3, -0.25) is 0 Å². The molecule has 3 heteroatoms. The van der Waals surface area contributed by atoms with Gasteiger partial charge in [0.1, 0.15) is 11.0 Å². The Morgan fingerprint density at radius 1 is 0.608 bits per heavy atom. The van der Waals surface area contributed by atoms with E-state index < -0.39 is 0 Å². The van der Waals surface area contributed by atoms with Gasteiger partial charge in [-0.05, 0) is 89.0 Å². The number of allylic oxidation sites excluding steroid dienone is 5. The van der Waals surface area contributed by atoms with Crippen LogP contribution >= 0.6 is 23.1 Å². The number of thioether (sulfide) groups is 1. The summed E-state index contributed by atoms with van der Waals surface area (Å²) >= 11 is 3.69. The molecule has 5 aromatic carbocycles. The van der Waals surface area contributed by atoms with Crippen LogP contribution in [0.25, 0.3) is 78.1 Å². The maximum absolute atomic E-state index is 7.08. The predicted octanol–water partition coefficient (Wildman–Crippen LogP) is 9.97. The van der Waals surface area contributed by atoms with Gasteiger partial charge in [0.25, 0.3) is 0 Å². The molecule has 2 aromatic heterocycles. The molecule has 11 rings (SSSR count). The quantitative estimate of drug-likeness (QED) is 0.171. The summed E-state index contributed by atoms with van der Waals surface area (Å²) < 4.78 is 7.08. The molecule has 0 fully saturated rings. The first-order chi connectivity index (χ1) is 25.3. The van der Waals surface area contributed by atoms with Gasteiger partial charge in [0.2, 0.25) is 0 Å². The van der Waals surface area contributed by atoms with Crippen LogP contribution in [0.4, 0.5) is 0 Å². The van der Waals surface area contributed by atoms with E-state index in [-0.39, 0.29) is 5.92 Å². The normalized spacial score (nSPS) is 21.9. The molecule has 3 aliphatic carbocycles. The number of hydrogen-bond donors (Lipinski definition) is 0. The Bertz CT molecular complexity index is 2860. The van der Waals surface area contributed by atoms with Crippen LogP contribution in [-0.4, -0.2) is 5.75 Å². The van der Waals surface area contributed by atoms with Crippen LogP contribution in [0.2, 0.25) is 0 Å². The Balaban J connectivity index is 1.15. The van der Waals surface area contributed by atoms with Gasteiger partial charge in [0.15, 0.2) is 0 Å². The zero-order valence-electron chi connectivity index (χ0n) is 28.0. The second-order valence-electron chi connectivity index (χ2n) is 14.2. The number of fused-ring (bicyclic) bond motifs is 7. The van der Waals surface area contributed by atoms with Crippen LogP contribution in [0.1, 0.15) is 6.42 Å². The summed E-state index contributed by atoms with van der Waals surface area (Å²) in [5, 5.41) is 17.1. The molecule has 4 unspecified atom stereocenters. The van der Waals surface area contributed by atoms with E-state index in [0.717, 1.165) is 28.7 Å². The van der Waals surface area contributed by atoms with Crippen molar-refractivity contribution in [2.24, 2.45) is 23.7 Å². The fraction of sp³-hybridized carbons (Fsp3) is 0.125. The highest BCUT2D eigenvalue weighted by Gasteiger charge is 2.36. The zero-order valence-corrected chi connectivity index (χ0v) is 29.6. The Kier molecular flexibility index (Phi) is 6.81. The smallest absolute Gasteiger partial charge is 0.143 e. The number of furan rings is 1. The number of hydrogen-bond acceptors (Lipinski definition) is 3. The Morgan fingerprint density at radius 2 is 1.25 bits per heavy atom. The molecule has 1 aliphatic heterocycles. The van der Waals surface area contributed by atoms with Gasteiger partial charge < -0.3 is 4.42 Å². The van der Waals surface area contributed by atoms with E-state index >= 15 is 0 Å². The van der Waals surface area contributed by atoms with Crippen molar-refractivity contribution in [3.8, 4) is 22.3 Å². The minimum Gasteiger partial charge on any atom is -0.456 e. The number of rotatable bonds is 4. The van der Waals surface area contributed by atoms with Crippen LogP contribution in [-0.2, 0) is 0 Å². The first-order valence-corrected chi connectivity index (χ1v) is 20.0. The molecule has 4 aliphatic rings. The maximum atomic E-state index is 7.08. The second-order valence-corrected chi connectivity index (χ2v) is 15.9. The number of thiophene rings is 1. The molecule has 0 bridgehead atoms. The Labute approximate surface area is 304 Å². The summed E-state index contributed by atoms with van der Waals surface area (Å²) in [5.41, 5.74) is 10.1. The number of para-hydroxylation sites is 1. The highest BCUT2D eigenvalue weighted by molar-refractivity contribution is 8.02. The van der Waals surface area contributed by atoms with Gasteiger partial charge >= 0.3 is 0 Å². The molecule has 51 heavy (non-hydrogen) atoms. The lowest BCUT2D eigenvalue weighted by molar-refractivity contribution is 0.563. The average Bonchev–Trinajstić information content (AvgIpc) is 3.98. The van der Waals surface area contributed by atoms with Crippen molar-refractivity contribution in [3.05, 3.63) is 165 Å². The minimum atomic E-state index is 0.257. The summed E-state index contributed by atoms with van der Waals surface area (Å²) in [7, 11) is 0. The molecule has 1 nitrogen and oxygen atoms in total. The average molecular weight is 691 g/mol. The third-order valence-corrected chi connectivity index (χ3v) is 13.2. The molecule has 7 aromatic rings. The van der Waals surface area contributed by atoms with Crippen molar-refractivity contribution in [3.63, 3.8) is 0 Å². The molecule has 244 valence electrons. The molecule has 3 heterocycles. The van der Waals surface area contributed by atoms with Crippen molar-refractivity contribution < 1.29 is 4.42 Å². The van der Waals surface area contributed by atoms with E-state index in [0.29, 0.717) is 17.8 Å². The lowest BCUT2D eigenvalue weighted by atomic mass is 9.67. The van der Waals surface area contributed by atoms with Gasteiger partial charge in [0, 0.05) is 51.2 Å². The van der Waals surface area contributed by atoms with Gasteiger partial charge in [-0.15, -0.1) is 11.8 Å². The zero-order chi connectivity index (χ0) is 33.5. The molecule has 0 radical (unpaired) electrons. The third-order valence-electron chi connectivity index (χ3n) is 11.6. The summed E-state index contributed by atoms with van der Waals surface area (Å²) in [6.07, 6.45) is 17.7. The fourth-order valence-electron chi connectivity index (χ4n) is 9.54. The van der Waals surface area contributed by atoms with Crippen molar-refractivity contribution in [2.75, 3.05) is 5.75 Å². The van der Waals surface area contributed by atoms with Crippen LogP contribution in [0.5, 0.6) is 0 Å². The molecule has 4 atom stereocenters. The lowest BCUT2D eigenvalue weighted by Crippen LogP contribution is -2.43. The third kappa shape index (κ3) is 4.48. The van der Waals surface area contributed by atoms with Crippen LogP contribution < -0.4 is 21.1 Å². The van der Waals surface area contributed by atoms with Crippen molar-refractivity contribution >= 4 is 78.9 Å². The minimum absolute atomic E-state index is 0.257. The molecular weight excluding hydrogens is 657 g/mol. The first-order valence-electron chi connectivity index (χ1n) is 18.0. The van der Waals surface area contributed by atoms with Crippen molar-refractivity contribution in [1.29, 1.82) is 0 Å². The molecule has 0 N–H and O–H groups in total. The lowest BCUT2D eigenvalue weighted by Gasteiger charge is -2.37. The van der Waals surface area contributed by atoms with Crippen LogP contribution in [0, 0.1) is 23.7 Å². The molecule has 0 spiro atoms. The van der Waals surface area contributed by atoms with Crippen LogP contribution in [0.15, 0.2) is 148 Å². The monoisotopic (exact) mass is 690 g/mol. The van der Waals surface area contributed by atoms with E-state index in [9.17, 15) is 0 Å². The predicted molar refractivity (Wildman–Crippen MR) is 219 cm³/mol. The summed E-state index contributed by atoms with van der Waals surface area (Å²) in [6, 6.07) is 36.0. The van der Waals surface area contributed by atoms with E-state index in [4.69, 9.17) is 4.42 Å². The fourth-order valence-corrected chi connectivity index (χ4v) is 11.1. The van der Waals surface area contributed by atoms with E-state index in [1.807, 2.05) is 11.8 Å². The summed E-state index contributed by atoms with van der Waals surface area (Å²) in [6.45, 7) is 0. The Morgan fingerprint density at radius 3 is 1.90 bits per heavy atom. The molecular formula is C48H34OS2. The summed E-state index contributed by atoms with van der Waals surface area (Å²) in [5.74, 6) is 2.59. The second kappa shape index (κ2) is 11.7. The van der Waals surface area contributed by atoms with Gasteiger partial charge in [-0.1, -0.05) is 127 Å². The molecule has 0 amide bonds. The largest absolute Gasteiger partial charge is 0.456 e. The van der Waals surface area contributed by atoms with Crippen LogP contribution in [0.3, 0.4) is 0 Å². The standard InChI is InChI=1S/C48H34OS2/c1-3-12-35-33(10-1)44(34-11-2-4-13-36(34)45(35)30-22-24-50-27-30)29-20-21-32-41-18-9-19-42(48(41)49-43(32)26-29)47-39-16-7-5-14-37(39)46(31-23-25-51-28-31)38-15-6-8-17-40(38)47/h1-19,21-26,28-30,33,35H,20,27H2. The van der Waals surface area contributed by atoms with Gasteiger partial charge in [-0.2, -0.15) is 11.3 Å². The van der Waals surface area contributed by atoms with Gasteiger partial charge in [-0.25, -0.2) is 0 Å². The number of benzene rings is 5. The topological polar surface area (TPSA) is 13.1 Å². The highest BCUT2D eigenvalue weighted by atomic mass is 32.2. The molecule has 0 saturated carbocycles. The van der Waals surface area contributed by atoms with Crippen molar-refractivity contribution in [2.45, 2.75) is 6.42 Å². The van der Waals surface area contributed by atoms with Gasteiger partial charge in [0.05, 0.1) is 0 Å². The molecule has 0 saturated heterocycles. The van der Waals surface area contributed by atoms with Crippen molar-refractivity contribution in [1.82, 2.24) is 0 Å². The van der Waals surface area contributed by atoms with E-state index in [1.165, 1.54) is 64.9 Å². The van der Waals surface area contributed by atoms with E-state index in [2.05, 4.69) is 156 Å². The summed E-state index contributed by atoms with van der Waals surface area (Å²) in [4.78, 5) is 0. The highest BCUT2D eigenvalue weighted by Crippen LogP contribution is 2.46.